The van der Waals surface area contributed by atoms with E-state index in [9.17, 15) is 4.79 Å². The standard InChI is InChI=1S/C30H38N6O/c1-3-10-28(29-32-33-34-36(29)18-17-23-11-6-4-7-12-23)35(26-13-8-5-9-14-26)21-25-20-24-19-22(2)15-16-27(24)31-30(25)37/h4,6-7,11-12,15-16,19-20,26,28H,3,5,8-10,13-14,17-18,21H2,1-2H3,(H,31,37). The zero-order valence-electron chi connectivity index (χ0n) is 22.1. The third-order valence-corrected chi connectivity index (χ3v) is 7.75. The summed E-state index contributed by atoms with van der Waals surface area (Å²) in [6.45, 7) is 5.64. The zero-order chi connectivity index (χ0) is 25.6. The number of H-pyrrole nitrogens is 1. The van der Waals surface area contributed by atoms with Gasteiger partial charge in [-0.1, -0.05) is 74.6 Å². The summed E-state index contributed by atoms with van der Waals surface area (Å²) in [4.78, 5) is 18.9. The SMILES string of the molecule is CCCC(c1nnnn1CCc1ccccc1)N(Cc1cc2cc(C)ccc2[nH]c1=O)C1CCCCC1. The van der Waals surface area contributed by atoms with Gasteiger partial charge in [0.05, 0.1) is 6.04 Å². The molecule has 194 valence electrons. The molecule has 0 radical (unpaired) electrons. The number of hydrogen-bond acceptors (Lipinski definition) is 5. The molecule has 0 bridgehead atoms. The number of aryl methyl sites for hydroxylation is 3. The van der Waals surface area contributed by atoms with Crippen LogP contribution < -0.4 is 5.56 Å². The molecule has 2 aromatic heterocycles. The molecule has 2 aromatic carbocycles. The summed E-state index contributed by atoms with van der Waals surface area (Å²) in [6, 6.07) is 19.2. The van der Waals surface area contributed by atoms with Crippen molar-refractivity contribution in [1.82, 2.24) is 30.1 Å². The third kappa shape index (κ3) is 5.99. The third-order valence-electron chi connectivity index (χ3n) is 7.75. The molecule has 0 amide bonds. The summed E-state index contributed by atoms with van der Waals surface area (Å²) in [7, 11) is 0. The molecule has 0 spiro atoms. The van der Waals surface area contributed by atoms with E-state index in [-0.39, 0.29) is 11.6 Å². The van der Waals surface area contributed by atoms with Crippen molar-refractivity contribution < 1.29 is 0 Å². The van der Waals surface area contributed by atoms with Crippen molar-refractivity contribution in [3.8, 4) is 0 Å². The Balaban J connectivity index is 1.48. The number of nitrogens with one attached hydrogen (secondary N) is 1. The van der Waals surface area contributed by atoms with E-state index in [0.29, 0.717) is 12.6 Å². The number of tetrazole rings is 1. The fourth-order valence-electron chi connectivity index (χ4n) is 5.80. The van der Waals surface area contributed by atoms with Gasteiger partial charge >= 0.3 is 0 Å². The number of fused-ring (bicyclic) bond motifs is 1. The highest BCUT2D eigenvalue weighted by Crippen LogP contribution is 2.33. The molecule has 1 aliphatic carbocycles. The van der Waals surface area contributed by atoms with Crippen molar-refractivity contribution in [2.75, 3.05) is 0 Å². The van der Waals surface area contributed by atoms with Crippen LogP contribution in [0.4, 0.5) is 0 Å². The Morgan fingerprint density at radius 2 is 1.89 bits per heavy atom. The normalized spacial score (nSPS) is 15.4. The molecule has 1 N–H and O–H groups in total. The molecule has 1 fully saturated rings. The summed E-state index contributed by atoms with van der Waals surface area (Å²) in [5, 5.41) is 14.2. The lowest BCUT2D eigenvalue weighted by atomic mass is 9.91. The van der Waals surface area contributed by atoms with Crippen LogP contribution in [0.1, 0.15) is 80.4 Å². The van der Waals surface area contributed by atoms with Gasteiger partial charge in [0.2, 0.25) is 0 Å². The Morgan fingerprint density at radius 1 is 1.08 bits per heavy atom. The molecule has 7 nitrogen and oxygen atoms in total. The number of aromatic amines is 1. The van der Waals surface area contributed by atoms with E-state index in [1.165, 1.54) is 30.4 Å². The lowest BCUT2D eigenvalue weighted by molar-refractivity contribution is 0.0809. The molecule has 1 atom stereocenters. The van der Waals surface area contributed by atoms with E-state index in [1.54, 1.807) is 0 Å². The molecule has 1 unspecified atom stereocenters. The summed E-state index contributed by atoms with van der Waals surface area (Å²) >= 11 is 0. The predicted molar refractivity (Wildman–Crippen MR) is 147 cm³/mol. The second-order valence-corrected chi connectivity index (χ2v) is 10.5. The number of benzene rings is 2. The molecule has 1 aliphatic rings. The van der Waals surface area contributed by atoms with Crippen LogP contribution in [0, 0.1) is 6.92 Å². The first-order chi connectivity index (χ1) is 18.1. The average Bonchev–Trinajstić information content (AvgIpc) is 3.39. The first-order valence-electron chi connectivity index (χ1n) is 13.8. The molecule has 1 saturated carbocycles. The second kappa shape index (κ2) is 11.8. The van der Waals surface area contributed by atoms with Crippen molar-refractivity contribution in [2.45, 2.75) is 90.4 Å². The molecule has 4 aromatic rings. The first kappa shape index (κ1) is 25.3. The summed E-state index contributed by atoms with van der Waals surface area (Å²) in [5.41, 5.74) is 4.16. The minimum atomic E-state index is -0.00363. The fourth-order valence-corrected chi connectivity index (χ4v) is 5.80. The molecule has 7 heteroatoms. The molecule has 5 rings (SSSR count). The number of pyridine rings is 1. The zero-order valence-corrected chi connectivity index (χ0v) is 22.1. The summed E-state index contributed by atoms with van der Waals surface area (Å²) < 4.78 is 1.98. The van der Waals surface area contributed by atoms with E-state index in [2.05, 4.69) is 75.7 Å². The van der Waals surface area contributed by atoms with Crippen LogP contribution >= 0.6 is 0 Å². The van der Waals surface area contributed by atoms with Crippen molar-refractivity contribution in [2.24, 2.45) is 0 Å². The van der Waals surface area contributed by atoms with Crippen molar-refractivity contribution >= 4 is 10.9 Å². The van der Waals surface area contributed by atoms with Crippen LogP contribution in [0.5, 0.6) is 0 Å². The van der Waals surface area contributed by atoms with Crippen LogP contribution in [-0.4, -0.2) is 36.1 Å². The van der Waals surface area contributed by atoms with Crippen LogP contribution in [0.3, 0.4) is 0 Å². The smallest absolute Gasteiger partial charge is 0.252 e. The van der Waals surface area contributed by atoms with E-state index in [4.69, 9.17) is 0 Å². The maximum atomic E-state index is 13.2. The Morgan fingerprint density at radius 3 is 2.68 bits per heavy atom. The topological polar surface area (TPSA) is 79.7 Å². The van der Waals surface area contributed by atoms with Crippen LogP contribution in [0.2, 0.25) is 0 Å². The molecular weight excluding hydrogens is 460 g/mol. The largest absolute Gasteiger partial charge is 0.322 e. The van der Waals surface area contributed by atoms with E-state index in [1.807, 2.05) is 22.9 Å². The molecular formula is C30H38N6O. The lowest BCUT2D eigenvalue weighted by Gasteiger charge is -2.39. The maximum absolute atomic E-state index is 13.2. The minimum Gasteiger partial charge on any atom is -0.322 e. The number of hydrogen-bond donors (Lipinski definition) is 1. The summed E-state index contributed by atoms with van der Waals surface area (Å²) in [5.74, 6) is 0.913. The van der Waals surface area contributed by atoms with Gasteiger partial charge in [-0.15, -0.1) is 5.10 Å². The predicted octanol–water partition coefficient (Wildman–Crippen LogP) is 5.74. The van der Waals surface area contributed by atoms with Gasteiger partial charge in [-0.3, -0.25) is 9.69 Å². The highest BCUT2D eigenvalue weighted by Gasteiger charge is 2.32. The van der Waals surface area contributed by atoms with Gasteiger partial charge in [0.25, 0.3) is 5.56 Å². The quantitative estimate of drug-likeness (QED) is 0.301. The van der Waals surface area contributed by atoms with Crippen LogP contribution in [0.15, 0.2) is 59.4 Å². The Labute approximate surface area is 218 Å². The minimum absolute atomic E-state index is 0.00363. The molecule has 37 heavy (non-hydrogen) atoms. The van der Waals surface area contributed by atoms with Crippen molar-refractivity contribution in [3.63, 3.8) is 0 Å². The van der Waals surface area contributed by atoms with Gasteiger partial charge in [-0.05, 0) is 72.2 Å². The van der Waals surface area contributed by atoms with E-state index in [0.717, 1.165) is 60.9 Å². The van der Waals surface area contributed by atoms with Gasteiger partial charge < -0.3 is 4.98 Å². The number of rotatable bonds is 10. The number of aromatic nitrogens is 5. The monoisotopic (exact) mass is 498 g/mol. The Hall–Kier alpha value is -3.32. The lowest BCUT2D eigenvalue weighted by Crippen LogP contribution is -2.41. The van der Waals surface area contributed by atoms with Gasteiger partial charge in [0.1, 0.15) is 0 Å². The van der Waals surface area contributed by atoms with Gasteiger partial charge in [0.15, 0.2) is 5.82 Å². The Bertz CT molecular complexity index is 1360. The van der Waals surface area contributed by atoms with Gasteiger partial charge in [0, 0.05) is 30.2 Å². The Kier molecular flexibility index (Phi) is 8.09. The highest BCUT2D eigenvalue weighted by atomic mass is 16.1. The molecule has 2 heterocycles. The maximum Gasteiger partial charge on any atom is 0.252 e. The van der Waals surface area contributed by atoms with Crippen LogP contribution in [-0.2, 0) is 19.5 Å². The fraction of sp³-hybridized carbons (Fsp3) is 0.467. The van der Waals surface area contributed by atoms with Crippen molar-refractivity contribution in [3.05, 3.63) is 87.5 Å². The van der Waals surface area contributed by atoms with E-state index < -0.39 is 0 Å². The first-order valence-corrected chi connectivity index (χ1v) is 13.8. The van der Waals surface area contributed by atoms with Gasteiger partial charge in [-0.2, -0.15) is 0 Å². The van der Waals surface area contributed by atoms with Crippen molar-refractivity contribution in [1.29, 1.82) is 0 Å². The van der Waals surface area contributed by atoms with E-state index >= 15 is 0 Å². The second-order valence-electron chi connectivity index (χ2n) is 10.5. The summed E-state index contributed by atoms with van der Waals surface area (Å²) in [6.07, 6.45) is 8.89. The number of nitrogens with zero attached hydrogens (tertiary/aromatic N) is 5. The van der Waals surface area contributed by atoms with Crippen LogP contribution in [0.25, 0.3) is 10.9 Å². The molecule has 0 aliphatic heterocycles. The highest BCUT2D eigenvalue weighted by molar-refractivity contribution is 5.79. The van der Waals surface area contributed by atoms with Gasteiger partial charge in [-0.25, -0.2) is 4.68 Å². The average molecular weight is 499 g/mol. The molecule has 0 saturated heterocycles.